The molecule has 0 saturated heterocycles. The van der Waals surface area contributed by atoms with Crippen LogP contribution in [0.1, 0.15) is 119 Å². The number of rotatable bonds is 20. The molecule has 2 aromatic heterocycles. The summed E-state index contributed by atoms with van der Waals surface area (Å²) in [5.41, 5.74) is 6.25. The first-order chi connectivity index (χ1) is 30.8. The van der Waals surface area contributed by atoms with Crippen LogP contribution in [0.4, 0.5) is 0 Å². The molecule has 320 valence electrons. The van der Waals surface area contributed by atoms with E-state index in [-0.39, 0.29) is 28.6 Å². The van der Waals surface area contributed by atoms with E-state index in [2.05, 4.69) is 24.2 Å². The minimum atomic E-state index is -0.670. The van der Waals surface area contributed by atoms with E-state index in [1.54, 1.807) is 42.6 Å². The average Bonchev–Trinajstić information content (AvgIpc) is 3.88. The summed E-state index contributed by atoms with van der Waals surface area (Å²) >= 11 is 0. The van der Waals surface area contributed by atoms with E-state index in [1.165, 1.54) is 0 Å². The van der Waals surface area contributed by atoms with Gasteiger partial charge in [0.1, 0.15) is 11.4 Å². The highest BCUT2D eigenvalue weighted by atomic mass is 16.7. The number of fused-ring (bicyclic) bond motifs is 2. The van der Waals surface area contributed by atoms with Crippen LogP contribution in [-0.2, 0) is 16.7 Å². The summed E-state index contributed by atoms with van der Waals surface area (Å²) < 4.78 is 3.88. The van der Waals surface area contributed by atoms with E-state index in [0.29, 0.717) is 34.9 Å². The Morgan fingerprint density at radius 2 is 1.02 bits per heavy atom. The van der Waals surface area contributed by atoms with Crippen molar-refractivity contribution in [3.63, 3.8) is 0 Å². The Kier molecular flexibility index (Phi) is 14.7. The maximum absolute atomic E-state index is 14.4. The lowest BCUT2D eigenvalue weighted by Crippen LogP contribution is -2.16. The van der Waals surface area contributed by atoms with Crippen molar-refractivity contribution in [3.8, 4) is 16.8 Å². The second-order valence-corrected chi connectivity index (χ2v) is 15.7. The maximum atomic E-state index is 14.4. The largest absolute Gasteiger partial charge is 0.365 e. The molecule has 10 nitrogen and oxygen atoms in total. The van der Waals surface area contributed by atoms with Crippen LogP contribution in [0, 0.1) is 0 Å². The summed E-state index contributed by atoms with van der Waals surface area (Å²) in [6.45, 7) is 4.25. The Labute approximate surface area is 367 Å². The van der Waals surface area contributed by atoms with Gasteiger partial charge in [-0.2, -0.15) is 0 Å². The standard InChI is InChI=1S/C53H52N4O6/c1-4-6-8-16-25-46(50(58)44-35-56(3)48-27-19-18-24-42(44)48)54-63-53(61)39-30-28-37(29-31-39)40-32-33-43-45(36-57(49(43)34-40)41-22-14-11-15-23-41)51(59)47(26-17-9-7-5-2)55-62-52(60)38-20-12-10-13-21-38/h10-15,18-24,27-36H,4-9,16-17,25-26H2,1-3H3/b54-46+,55-47+. The van der Waals surface area contributed by atoms with Crippen LogP contribution in [0.2, 0.25) is 0 Å². The first-order valence-corrected chi connectivity index (χ1v) is 21.8. The Balaban J connectivity index is 1.15. The van der Waals surface area contributed by atoms with Gasteiger partial charge in [-0.05, 0) is 85.3 Å². The van der Waals surface area contributed by atoms with Gasteiger partial charge in [0.15, 0.2) is 0 Å². The third kappa shape index (κ3) is 10.5. The van der Waals surface area contributed by atoms with Gasteiger partial charge in [-0.25, -0.2) is 9.59 Å². The van der Waals surface area contributed by atoms with Gasteiger partial charge in [0.25, 0.3) is 0 Å². The topological polar surface area (TPSA) is 121 Å². The molecule has 63 heavy (non-hydrogen) atoms. The molecular weight excluding hydrogens is 789 g/mol. The van der Waals surface area contributed by atoms with Gasteiger partial charge in [-0.15, -0.1) is 0 Å². The predicted octanol–water partition coefficient (Wildman–Crippen LogP) is 12.5. The van der Waals surface area contributed by atoms with Crippen LogP contribution in [0.3, 0.4) is 0 Å². The van der Waals surface area contributed by atoms with Crippen molar-refractivity contribution >= 4 is 56.7 Å². The molecule has 5 aromatic carbocycles. The van der Waals surface area contributed by atoms with Crippen LogP contribution >= 0.6 is 0 Å². The van der Waals surface area contributed by atoms with Crippen molar-refractivity contribution in [1.29, 1.82) is 0 Å². The molecule has 2 heterocycles. The Bertz CT molecular complexity index is 2780. The summed E-state index contributed by atoms with van der Waals surface area (Å²) in [5, 5.41) is 9.88. The number of aryl methyl sites for hydroxylation is 1. The van der Waals surface area contributed by atoms with Crippen molar-refractivity contribution in [1.82, 2.24) is 9.13 Å². The molecular formula is C53H52N4O6. The summed E-state index contributed by atoms with van der Waals surface area (Å²) in [7, 11) is 1.90. The molecule has 0 unspecified atom stereocenters. The molecule has 0 bridgehead atoms. The zero-order valence-corrected chi connectivity index (χ0v) is 36.1. The van der Waals surface area contributed by atoms with Crippen molar-refractivity contribution in [3.05, 3.63) is 162 Å². The minimum Gasteiger partial charge on any atom is -0.350 e. The SMILES string of the molecule is CCCCCC/C(=N\OC(=O)c1ccc(-c2ccc3c(C(=O)/C(CCCCCC)=N/OC(=O)c4ccccc4)cn(-c4ccccc4)c3c2)cc1)C(=O)c1cn(C)c2ccccc12. The highest BCUT2D eigenvalue weighted by molar-refractivity contribution is 6.48. The number of oxime groups is 2. The first-order valence-electron chi connectivity index (χ1n) is 21.8. The fourth-order valence-corrected chi connectivity index (χ4v) is 7.73. The lowest BCUT2D eigenvalue weighted by molar-refractivity contribution is 0.0505. The highest BCUT2D eigenvalue weighted by Gasteiger charge is 2.24. The Morgan fingerprint density at radius 1 is 0.508 bits per heavy atom. The van der Waals surface area contributed by atoms with Crippen molar-refractivity contribution < 1.29 is 28.9 Å². The molecule has 0 atom stereocenters. The summed E-state index contributed by atoms with van der Waals surface area (Å²) in [4.78, 5) is 65.3. The molecule has 7 rings (SSSR count). The van der Waals surface area contributed by atoms with Crippen molar-refractivity contribution in [2.24, 2.45) is 17.4 Å². The fraction of sp³-hybridized carbons (Fsp3) is 0.245. The molecule has 0 spiro atoms. The van der Waals surface area contributed by atoms with E-state index in [1.807, 2.05) is 113 Å². The zero-order chi connectivity index (χ0) is 44.1. The van der Waals surface area contributed by atoms with Gasteiger partial charge in [-0.3, -0.25) is 9.59 Å². The number of carbonyl (C=O) groups excluding carboxylic acids is 4. The van der Waals surface area contributed by atoms with Crippen LogP contribution < -0.4 is 0 Å². The molecule has 0 amide bonds. The average molecular weight is 841 g/mol. The van der Waals surface area contributed by atoms with Crippen LogP contribution in [0.5, 0.6) is 0 Å². The van der Waals surface area contributed by atoms with Gasteiger partial charge in [0, 0.05) is 52.5 Å². The van der Waals surface area contributed by atoms with Crippen LogP contribution in [0.25, 0.3) is 38.6 Å². The lowest BCUT2D eigenvalue weighted by Gasteiger charge is -2.08. The quantitative estimate of drug-likeness (QED) is 0.0248. The van der Waals surface area contributed by atoms with Gasteiger partial charge < -0.3 is 18.8 Å². The minimum absolute atomic E-state index is 0.180. The van der Waals surface area contributed by atoms with E-state index in [4.69, 9.17) is 9.68 Å². The number of benzene rings is 5. The normalized spacial score (nSPS) is 11.9. The molecule has 10 heteroatoms. The van der Waals surface area contributed by atoms with Gasteiger partial charge in [0.2, 0.25) is 11.6 Å². The molecule has 0 aliphatic rings. The first kappa shape index (κ1) is 43.9. The van der Waals surface area contributed by atoms with Gasteiger partial charge in [0.05, 0.1) is 16.6 Å². The van der Waals surface area contributed by atoms with Crippen LogP contribution in [-0.4, -0.2) is 44.1 Å². The number of nitrogens with zero attached hydrogens (tertiary/aromatic N) is 4. The summed E-state index contributed by atoms with van der Waals surface area (Å²) in [5.74, 6) is -1.87. The van der Waals surface area contributed by atoms with E-state index in [0.717, 1.165) is 84.6 Å². The number of para-hydroxylation sites is 2. The molecule has 0 saturated carbocycles. The van der Waals surface area contributed by atoms with Crippen LogP contribution in [0.15, 0.2) is 150 Å². The second-order valence-electron chi connectivity index (χ2n) is 15.7. The molecule has 0 fully saturated rings. The second kappa shape index (κ2) is 21.1. The number of hydrogen-bond donors (Lipinski definition) is 0. The summed E-state index contributed by atoms with van der Waals surface area (Å²) in [6.07, 6.45) is 11.8. The smallest absolute Gasteiger partial charge is 0.350 e. The van der Waals surface area contributed by atoms with Crippen molar-refractivity contribution in [2.45, 2.75) is 78.1 Å². The number of ketones is 2. The number of Topliss-reactive ketones (excluding diaryl/α,β-unsaturated/α-hetero) is 2. The highest BCUT2D eigenvalue weighted by Crippen LogP contribution is 2.32. The predicted molar refractivity (Wildman–Crippen MR) is 250 cm³/mol. The van der Waals surface area contributed by atoms with E-state index >= 15 is 0 Å². The Morgan fingerprint density at radius 3 is 1.62 bits per heavy atom. The summed E-state index contributed by atoms with van der Waals surface area (Å²) in [6, 6.07) is 38.9. The van der Waals surface area contributed by atoms with Gasteiger partial charge in [-0.1, -0.05) is 142 Å². The van der Waals surface area contributed by atoms with E-state index < -0.39 is 11.9 Å². The maximum Gasteiger partial charge on any atom is 0.365 e. The number of aromatic nitrogens is 2. The number of hydrogen-bond acceptors (Lipinski definition) is 8. The molecule has 7 aromatic rings. The lowest BCUT2D eigenvalue weighted by atomic mass is 9.98. The van der Waals surface area contributed by atoms with E-state index in [9.17, 15) is 19.2 Å². The van der Waals surface area contributed by atoms with Crippen molar-refractivity contribution in [2.75, 3.05) is 0 Å². The Hall–Kier alpha value is -7.20. The fourth-order valence-electron chi connectivity index (χ4n) is 7.73. The molecule has 0 aliphatic heterocycles. The third-order valence-electron chi connectivity index (χ3n) is 11.2. The monoisotopic (exact) mass is 840 g/mol. The molecule has 0 aliphatic carbocycles. The molecule has 0 radical (unpaired) electrons. The van der Waals surface area contributed by atoms with Gasteiger partial charge >= 0.3 is 11.9 Å². The zero-order valence-electron chi connectivity index (χ0n) is 36.1. The molecule has 0 N–H and O–H groups in total. The number of unbranched alkanes of at least 4 members (excludes halogenated alkanes) is 6. The third-order valence-corrected chi connectivity index (χ3v) is 11.2. The number of carbonyl (C=O) groups is 4.